The molecule has 0 unspecified atom stereocenters. The molecule has 1 saturated heterocycles. The lowest BCUT2D eigenvalue weighted by Gasteiger charge is -2.34. The second-order valence-electron chi connectivity index (χ2n) is 10.2. The summed E-state index contributed by atoms with van der Waals surface area (Å²) in [4.78, 5) is 22.4. The summed E-state index contributed by atoms with van der Waals surface area (Å²) in [7, 11) is 4.01. The first-order chi connectivity index (χ1) is 17.1. The van der Waals surface area contributed by atoms with Crippen molar-refractivity contribution in [2.45, 2.75) is 39.5 Å². The Kier molecular flexibility index (Phi) is 7.36. The van der Waals surface area contributed by atoms with Gasteiger partial charge in [0.25, 0.3) is 0 Å². The third kappa shape index (κ3) is 5.09. The fourth-order valence-electron chi connectivity index (χ4n) is 5.09. The fraction of sp³-hybridized carbons (Fsp3) is 0.464. The molecule has 0 atom stereocenters. The standard InChI is InChI=1S/C28H38N6O2/c1-8-20-18-28(4,5)23-25(27(35)36-9-2)31-33(7)26(23)24(20)30-19(3)29-21-10-12-22(13-11-21)34-16-14-32(6)15-17-34/h8,10-13,29H,3,9,14-18H2,1-2,4-7H3/b20-8-,30-24+. The normalized spacial score (nSPS) is 19.9. The maximum Gasteiger partial charge on any atom is 0.359 e. The van der Waals surface area contributed by atoms with Crippen LogP contribution in [0, 0.1) is 0 Å². The van der Waals surface area contributed by atoms with Crippen LogP contribution in [-0.4, -0.2) is 66.2 Å². The number of carbonyl (C=O) groups is 1. The van der Waals surface area contributed by atoms with Crippen molar-refractivity contribution in [2.24, 2.45) is 12.0 Å². The van der Waals surface area contributed by atoms with Crippen molar-refractivity contribution in [3.63, 3.8) is 0 Å². The van der Waals surface area contributed by atoms with E-state index in [0.29, 0.717) is 18.1 Å². The van der Waals surface area contributed by atoms with Crippen molar-refractivity contribution in [2.75, 3.05) is 50.1 Å². The third-order valence-electron chi connectivity index (χ3n) is 6.97. The van der Waals surface area contributed by atoms with Gasteiger partial charge >= 0.3 is 5.97 Å². The number of carbonyl (C=O) groups excluding carboxylic acids is 1. The summed E-state index contributed by atoms with van der Waals surface area (Å²) in [5, 5.41) is 7.89. The molecule has 0 radical (unpaired) electrons. The van der Waals surface area contributed by atoms with Gasteiger partial charge in [0.1, 0.15) is 5.82 Å². The summed E-state index contributed by atoms with van der Waals surface area (Å²) in [6.45, 7) is 16.8. The van der Waals surface area contributed by atoms with Crippen molar-refractivity contribution in [1.29, 1.82) is 0 Å². The number of ether oxygens (including phenoxy) is 1. The SMILES string of the molecule is C=C(/N=C1\C(=C/C)CC(C)(C)c2c(C(=O)OCC)nn(C)c21)Nc1ccc(N2CCN(C)CC2)cc1. The van der Waals surface area contributed by atoms with Crippen LogP contribution in [-0.2, 0) is 17.2 Å². The Balaban J connectivity index is 1.61. The second kappa shape index (κ2) is 10.3. The molecule has 2 aliphatic rings. The number of allylic oxidation sites excluding steroid dienone is 2. The van der Waals surface area contributed by atoms with Gasteiger partial charge in [-0.3, -0.25) is 4.68 Å². The maximum absolute atomic E-state index is 12.7. The van der Waals surface area contributed by atoms with Gasteiger partial charge in [-0.05, 0) is 62.6 Å². The van der Waals surface area contributed by atoms with Crippen LogP contribution in [0.1, 0.15) is 55.9 Å². The highest BCUT2D eigenvalue weighted by Gasteiger charge is 2.41. The summed E-state index contributed by atoms with van der Waals surface area (Å²) in [6.07, 6.45) is 2.82. The maximum atomic E-state index is 12.7. The highest BCUT2D eigenvalue weighted by atomic mass is 16.5. The van der Waals surface area contributed by atoms with Gasteiger partial charge in [-0.25, -0.2) is 9.79 Å². The lowest BCUT2D eigenvalue weighted by molar-refractivity contribution is 0.0515. The first-order valence-electron chi connectivity index (χ1n) is 12.6. The zero-order valence-corrected chi connectivity index (χ0v) is 22.4. The van der Waals surface area contributed by atoms with E-state index >= 15 is 0 Å². The van der Waals surface area contributed by atoms with E-state index in [1.807, 2.05) is 14.0 Å². The number of anilines is 2. The molecule has 36 heavy (non-hydrogen) atoms. The van der Waals surface area contributed by atoms with E-state index in [4.69, 9.17) is 9.73 Å². The van der Waals surface area contributed by atoms with Gasteiger partial charge in [0.05, 0.1) is 18.0 Å². The van der Waals surface area contributed by atoms with Crippen LogP contribution in [0.5, 0.6) is 0 Å². The zero-order chi connectivity index (χ0) is 26.0. The predicted octanol–water partition coefficient (Wildman–Crippen LogP) is 4.35. The fourth-order valence-corrected chi connectivity index (χ4v) is 5.09. The minimum Gasteiger partial charge on any atom is -0.461 e. The largest absolute Gasteiger partial charge is 0.461 e. The lowest BCUT2D eigenvalue weighted by atomic mass is 9.71. The number of aliphatic imine (C=N–C) groups is 1. The number of fused-ring (bicyclic) bond motifs is 1. The molecule has 0 bridgehead atoms. The number of benzene rings is 1. The number of nitrogens with one attached hydrogen (secondary N) is 1. The molecule has 8 nitrogen and oxygen atoms in total. The summed E-state index contributed by atoms with van der Waals surface area (Å²) < 4.78 is 7.04. The molecule has 0 amide bonds. The van der Waals surface area contributed by atoms with Gasteiger partial charge in [-0.15, -0.1) is 0 Å². The van der Waals surface area contributed by atoms with Crippen LogP contribution in [0.3, 0.4) is 0 Å². The molecule has 192 valence electrons. The molecule has 1 N–H and O–H groups in total. The van der Waals surface area contributed by atoms with Crippen LogP contribution in [0.15, 0.2) is 53.3 Å². The predicted molar refractivity (Wildman–Crippen MR) is 146 cm³/mol. The number of nitrogens with zero attached hydrogens (tertiary/aromatic N) is 5. The second-order valence-corrected chi connectivity index (χ2v) is 10.2. The zero-order valence-electron chi connectivity index (χ0n) is 22.4. The van der Waals surface area contributed by atoms with Gasteiger partial charge in [0.15, 0.2) is 5.69 Å². The number of hydrogen-bond acceptors (Lipinski definition) is 7. The van der Waals surface area contributed by atoms with E-state index in [0.717, 1.165) is 60.8 Å². The van der Waals surface area contributed by atoms with Gasteiger partial charge in [-0.2, -0.15) is 5.10 Å². The first kappa shape index (κ1) is 25.7. The van der Waals surface area contributed by atoms with Crippen molar-refractivity contribution in [3.8, 4) is 0 Å². The molecule has 8 heteroatoms. The van der Waals surface area contributed by atoms with Crippen LogP contribution < -0.4 is 10.2 Å². The van der Waals surface area contributed by atoms with E-state index < -0.39 is 5.97 Å². The Bertz CT molecular complexity index is 1200. The van der Waals surface area contributed by atoms with Gasteiger partial charge in [0.2, 0.25) is 0 Å². The van der Waals surface area contributed by atoms with Crippen LogP contribution >= 0.6 is 0 Å². The van der Waals surface area contributed by atoms with Crippen LogP contribution in [0.4, 0.5) is 11.4 Å². The quantitative estimate of drug-likeness (QED) is 0.607. The van der Waals surface area contributed by atoms with E-state index in [2.05, 4.69) is 78.0 Å². The van der Waals surface area contributed by atoms with Crippen molar-refractivity contribution in [3.05, 3.63) is 65.3 Å². The van der Waals surface area contributed by atoms with E-state index in [9.17, 15) is 4.79 Å². The molecule has 2 heterocycles. The third-order valence-corrected chi connectivity index (χ3v) is 6.97. The van der Waals surface area contributed by atoms with Crippen LogP contribution in [0.2, 0.25) is 0 Å². The molecule has 1 aromatic carbocycles. The van der Waals surface area contributed by atoms with E-state index in [1.165, 1.54) is 5.69 Å². The number of aromatic nitrogens is 2. The van der Waals surface area contributed by atoms with E-state index in [-0.39, 0.29) is 5.41 Å². The molecule has 1 aliphatic carbocycles. The average Bonchev–Trinajstić information content (AvgIpc) is 3.20. The number of aryl methyl sites for hydroxylation is 1. The summed E-state index contributed by atoms with van der Waals surface area (Å²) >= 11 is 0. The van der Waals surface area contributed by atoms with Gasteiger partial charge in [0, 0.05) is 50.2 Å². The van der Waals surface area contributed by atoms with Gasteiger partial charge in [-0.1, -0.05) is 26.5 Å². The molecule has 1 aromatic heterocycles. The molecular weight excluding hydrogens is 452 g/mol. The molecule has 1 aliphatic heterocycles. The Morgan fingerprint density at radius 3 is 2.47 bits per heavy atom. The van der Waals surface area contributed by atoms with E-state index in [1.54, 1.807) is 11.6 Å². The average molecular weight is 491 g/mol. The molecule has 0 saturated carbocycles. The Morgan fingerprint density at radius 1 is 1.19 bits per heavy atom. The Morgan fingerprint density at radius 2 is 1.86 bits per heavy atom. The number of likely N-dealkylation sites (N-methyl/N-ethyl adjacent to an activating group) is 1. The molecule has 1 fully saturated rings. The Hall–Kier alpha value is -3.39. The molecule has 0 spiro atoms. The van der Waals surface area contributed by atoms with Gasteiger partial charge < -0.3 is 19.9 Å². The van der Waals surface area contributed by atoms with Crippen molar-refractivity contribution >= 4 is 23.1 Å². The summed E-state index contributed by atoms with van der Waals surface area (Å²) in [6, 6.07) is 8.40. The number of esters is 1. The number of rotatable bonds is 6. The lowest BCUT2D eigenvalue weighted by Crippen LogP contribution is -2.44. The number of hydrogen-bond donors (Lipinski definition) is 1. The van der Waals surface area contributed by atoms with Crippen LogP contribution in [0.25, 0.3) is 0 Å². The minimum atomic E-state index is -0.400. The number of piperazine rings is 1. The molecule has 2 aromatic rings. The minimum absolute atomic E-state index is 0.291. The monoisotopic (exact) mass is 490 g/mol. The molecule has 4 rings (SSSR count). The Labute approximate surface area is 214 Å². The first-order valence-corrected chi connectivity index (χ1v) is 12.6. The summed E-state index contributed by atoms with van der Waals surface area (Å²) in [5.41, 5.74) is 5.80. The highest BCUT2D eigenvalue weighted by Crippen LogP contribution is 2.42. The van der Waals surface area contributed by atoms with Crippen molar-refractivity contribution < 1.29 is 9.53 Å². The van der Waals surface area contributed by atoms with Crippen molar-refractivity contribution in [1.82, 2.24) is 14.7 Å². The topological polar surface area (TPSA) is 75.0 Å². The summed E-state index contributed by atoms with van der Waals surface area (Å²) in [5.74, 6) is 0.129. The smallest absolute Gasteiger partial charge is 0.359 e. The molecular formula is C28H38N6O2. The highest BCUT2D eigenvalue weighted by molar-refractivity contribution is 6.15.